The van der Waals surface area contributed by atoms with Crippen LogP contribution in [0, 0.1) is 0 Å². The van der Waals surface area contributed by atoms with Gasteiger partial charge < -0.3 is 20.7 Å². The molecule has 0 saturated heterocycles. The van der Waals surface area contributed by atoms with Gasteiger partial charge in [0.25, 0.3) is 5.91 Å². The molecule has 5 aromatic rings. The summed E-state index contributed by atoms with van der Waals surface area (Å²) < 4.78 is 0. The van der Waals surface area contributed by atoms with Crippen LogP contribution >= 0.6 is 0 Å². The lowest BCUT2D eigenvalue weighted by molar-refractivity contribution is 0.0698. The average Bonchev–Trinajstić information content (AvgIpc) is 3.31. The highest BCUT2D eigenvalue weighted by atomic mass is 16.4. The molecule has 0 aliphatic heterocycles. The van der Waals surface area contributed by atoms with Crippen LogP contribution in [0.1, 0.15) is 26.3 Å². The van der Waals surface area contributed by atoms with E-state index in [0.717, 1.165) is 16.5 Å². The Labute approximate surface area is 188 Å². The largest absolute Gasteiger partial charge is 0.478 e. The second-order valence-electron chi connectivity index (χ2n) is 7.48. The lowest BCUT2D eigenvalue weighted by atomic mass is 10.1. The predicted molar refractivity (Wildman–Crippen MR) is 127 cm³/mol. The van der Waals surface area contributed by atoms with Crippen LogP contribution in [0.4, 0.5) is 11.5 Å². The molecule has 0 spiro atoms. The number of aromatic carboxylic acids is 1. The number of aromatic nitrogens is 3. The van der Waals surface area contributed by atoms with Crippen molar-refractivity contribution in [3.05, 3.63) is 95.9 Å². The third kappa shape index (κ3) is 3.97. The maximum atomic E-state index is 12.8. The number of para-hydroxylation sites is 1. The molecule has 0 bridgehead atoms. The van der Waals surface area contributed by atoms with E-state index in [4.69, 9.17) is 0 Å². The van der Waals surface area contributed by atoms with Gasteiger partial charge in [0, 0.05) is 40.3 Å². The molecule has 0 aliphatic carbocycles. The molecular formula is C25H19N5O3. The summed E-state index contributed by atoms with van der Waals surface area (Å²) in [5, 5.41) is 17.1. The number of nitrogens with zero attached hydrogens (tertiary/aromatic N) is 2. The fourth-order valence-corrected chi connectivity index (χ4v) is 3.83. The number of anilines is 2. The number of carbonyl (C=O) groups is 2. The summed E-state index contributed by atoms with van der Waals surface area (Å²) in [5.41, 5.74) is 3.60. The normalized spacial score (nSPS) is 10.9. The fourth-order valence-electron chi connectivity index (χ4n) is 3.83. The Balaban J connectivity index is 1.34. The molecule has 8 nitrogen and oxygen atoms in total. The van der Waals surface area contributed by atoms with Crippen molar-refractivity contribution in [2.45, 2.75) is 6.54 Å². The number of hydrogen-bond donors (Lipinski definition) is 4. The number of fused-ring (bicyclic) bond motifs is 2. The van der Waals surface area contributed by atoms with Crippen LogP contribution in [0.25, 0.3) is 21.8 Å². The predicted octanol–water partition coefficient (Wildman–Crippen LogP) is 4.67. The topological polar surface area (TPSA) is 120 Å². The number of nitrogens with one attached hydrogen (secondary N) is 3. The minimum Gasteiger partial charge on any atom is -0.478 e. The number of carboxylic acid groups (broad SMARTS) is 1. The van der Waals surface area contributed by atoms with E-state index >= 15 is 0 Å². The third-order valence-corrected chi connectivity index (χ3v) is 5.38. The number of aromatic amines is 1. The second kappa shape index (κ2) is 8.43. The standard InChI is InChI=1S/C25H19N5O3/c31-24(18-6-3-9-21-17(18)10-11-26-21)30-16-5-1-4-15(12-16)13-27-23-19-7-2-8-20(25(32)33)22(19)28-14-29-23/h1-12,14,26H,13H2,(H,30,31)(H,32,33)(H,27,28,29). The molecule has 8 heteroatoms. The summed E-state index contributed by atoms with van der Waals surface area (Å²) in [5.74, 6) is -0.686. The summed E-state index contributed by atoms with van der Waals surface area (Å²) >= 11 is 0. The summed E-state index contributed by atoms with van der Waals surface area (Å²) in [6.07, 6.45) is 3.15. The number of H-pyrrole nitrogens is 1. The molecule has 0 fully saturated rings. The van der Waals surface area contributed by atoms with Gasteiger partial charge >= 0.3 is 5.97 Å². The van der Waals surface area contributed by atoms with Gasteiger partial charge in [-0.1, -0.05) is 24.3 Å². The number of amides is 1. The van der Waals surface area contributed by atoms with Crippen LogP contribution in [0.5, 0.6) is 0 Å². The Morgan fingerprint density at radius 1 is 0.909 bits per heavy atom. The zero-order valence-corrected chi connectivity index (χ0v) is 17.4. The zero-order chi connectivity index (χ0) is 22.8. The summed E-state index contributed by atoms with van der Waals surface area (Å²) in [6, 6.07) is 19.9. The number of rotatable bonds is 6. The van der Waals surface area contributed by atoms with Crippen LogP contribution in [-0.4, -0.2) is 31.9 Å². The minimum absolute atomic E-state index is 0.125. The zero-order valence-electron chi connectivity index (χ0n) is 17.4. The average molecular weight is 437 g/mol. The van der Waals surface area contributed by atoms with E-state index in [9.17, 15) is 14.7 Å². The van der Waals surface area contributed by atoms with Crippen molar-refractivity contribution in [2.24, 2.45) is 0 Å². The van der Waals surface area contributed by atoms with Crippen molar-refractivity contribution in [3.63, 3.8) is 0 Å². The highest BCUT2D eigenvalue weighted by Gasteiger charge is 2.13. The maximum absolute atomic E-state index is 12.8. The molecule has 0 atom stereocenters. The fraction of sp³-hybridized carbons (Fsp3) is 0.0400. The van der Waals surface area contributed by atoms with E-state index in [0.29, 0.717) is 34.5 Å². The maximum Gasteiger partial charge on any atom is 0.337 e. The Hall–Kier alpha value is -4.72. The van der Waals surface area contributed by atoms with Crippen molar-refractivity contribution >= 4 is 45.2 Å². The van der Waals surface area contributed by atoms with Gasteiger partial charge in [-0.3, -0.25) is 4.79 Å². The van der Waals surface area contributed by atoms with E-state index in [2.05, 4.69) is 25.6 Å². The highest BCUT2D eigenvalue weighted by Crippen LogP contribution is 2.24. The minimum atomic E-state index is -1.04. The summed E-state index contributed by atoms with van der Waals surface area (Å²) in [6.45, 7) is 0.431. The molecule has 4 N–H and O–H groups in total. The van der Waals surface area contributed by atoms with Gasteiger partial charge in [0.15, 0.2) is 0 Å². The van der Waals surface area contributed by atoms with Crippen LogP contribution in [-0.2, 0) is 6.54 Å². The molecule has 2 heterocycles. The first-order valence-corrected chi connectivity index (χ1v) is 10.3. The number of benzene rings is 3. The Bertz CT molecular complexity index is 1510. The summed E-state index contributed by atoms with van der Waals surface area (Å²) in [7, 11) is 0. The van der Waals surface area contributed by atoms with Gasteiger partial charge in [0.1, 0.15) is 12.1 Å². The van der Waals surface area contributed by atoms with Crippen LogP contribution in [0.15, 0.2) is 79.3 Å². The summed E-state index contributed by atoms with van der Waals surface area (Å²) in [4.78, 5) is 35.8. The first-order valence-electron chi connectivity index (χ1n) is 10.3. The lowest BCUT2D eigenvalue weighted by Gasteiger charge is -2.11. The SMILES string of the molecule is O=C(Nc1cccc(CNc2ncnc3c(C(=O)O)cccc23)c1)c1cccc2[nH]ccc12. The molecule has 3 aromatic carbocycles. The Morgan fingerprint density at radius 2 is 1.73 bits per heavy atom. The monoisotopic (exact) mass is 437 g/mol. The molecule has 33 heavy (non-hydrogen) atoms. The Morgan fingerprint density at radius 3 is 2.61 bits per heavy atom. The van der Waals surface area contributed by atoms with Crippen molar-refractivity contribution in [1.82, 2.24) is 15.0 Å². The lowest BCUT2D eigenvalue weighted by Crippen LogP contribution is -2.12. The first kappa shape index (κ1) is 20.2. The van der Waals surface area contributed by atoms with E-state index in [1.165, 1.54) is 12.4 Å². The van der Waals surface area contributed by atoms with E-state index < -0.39 is 5.97 Å². The molecule has 1 amide bonds. The van der Waals surface area contributed by atoms with E-state index in [1.54, 1.807) is 18.2 Å². The molecule has 0 saturated carbocycles. The van der Waals surface area contributed by atoms with Crippen molar-refractivity contribution in [1.29, 1.82) is 0 Å². The van der Waals surface area contributed by atoms with Gasteiger partial charge in [0.05, 0.1) is 11.1 Å². The van der Waals surface area contributed by atoms with Crippen molar-refractivity contribution < 1.29 is 14.7 Å². The molecule has 0 unspecified atom stereocenters. The van der Waals surface area contributed by atoms with Crippen LogP contribution < -0.4 is 10.6 Å². The smallest absolute Gasteiger partial charge is 0.337 e. The van der Waals surface area contributed by atoms with Gasteiger partial charge in [-0.05, 0) is 48.0 Å². The van der Waals surface area contributed by atoms with Gasteiger partial charge in [0.2, 0.25) is 0 Å². The quantitative estimate of drug-likeness (QED) is 0.306. The molecule has 0 aliphatic rings. The van der Waals surface area contributed by atoms with E-state index in [-0.39, 0.29) is 11.5 Å². The van der Waals surface area contributed by atoms with Crippen molar-refractivity contribution in [3.8, 4) is 0 Å². The Kier molecular flexibility index (Phi) is 5.16. The number of carbonyl (C=O) groups excluding carboxylic acids is 1. The van der Waals surface area contributed by atoms with Gasteiger partial charge in [-0.2, -0.15) is 0 Å². The van der Waals surface area contributed by atoms with E-state index in [1.807, 2.05) is 48.7 Å². The third-order valence-electron chi connectivity index (χ3n) is 5.38. The number of hydrogen-bond acceptors (Lipinski definition) is 5. The molecule has 0 radical (unpaired) electrons. The van der Waals surface area contributed by atoms with Gasteiger partial charge in [-0.25, -0.2) is 14.8 Å². The first-order chi connectivity index (χ1) is 16.1. The molecule has 2 aromatic heterocycles. The number of carboxylic acids is 1. The highest BCUT2D eigenvalue weighted by molar-refractivity contribution is 6.12. The molecule has 5 rings (SSSR count). The van der Waals surface area contributed by atoms with Crippen LogP contribution in [0.3, 0.4) is 0 Å². The van der Waals surface area contributed by atoms with Crippen molar-refractivity contribution in [2.75, 3.05) is 10.6 Å². The molecule has 162 valence electrons. The second-order valence-corrected chi connectivity index (χ2v) is 7.48. The molecular weight excluding hydrogens is 418 g/mol. The van der Waals surface area contributed by atoms with Gasteiger partial charge in [-0.15, -0.1) is 0 Å². The van der Waals surface area contributed by atoms with Crippen LogP contribution in [0.2, 0.25) is 0 Å².